The monoisotopic (exact) mass is 224 g/mol. The molecule has 0 bridgehead atoms. The number of hydrogen-bond acceptors (Lipinski definition) is 3. The minimum Gasteiger partial charge on any atom is -0.384 e. The highest BCUT2D eigenvalue weighted by molar-refractivity contribution is 5.09. The molecule has 0 aromatic carbocycles. The van der Waals surface area contributed by atoms with Crippen molar-refractivity contribution in [2.45, 2.75) is 38.8 Å². The van der Waals surface area contributed by atoms with Gasteiger partial charge >= 0.3 is 0 Å². The van der Waals surface area contributed by atoms with Crippen LogP contribution in [0.4, 0.5) is 0 Å². The quantitative estimate of drug-likeness (QED) is 0.785. The van der Waals surface area contributed by atoms with Crippen LogP contribution in [0.5, 0.6) is 0 Å². The number of methoxy groups -OCH3 is 1. The zero-order valence-corrected chi connectivity index (χ0v) is 10.1. The molecule has 0 amide bonds. The number of nitrogens with zero attached hydrogens (tertiary/aromatic N) is 2. The van der Waals surface area contributed by atoms with Gasteiger partial charge in [0.15, 0.2) is 0 Å². The number of aryl methyl sites for hydroxylation is 1. The van der Waals surface area contributed by atoms with Crippen LogP contribution in [0.1, 0.15) is 36.9 Å². The maximum Gasteiger partial charge on any atom is 0.150 e. The summed E-state index contributed by atoms with van der Waals surface area (Å²) >= 11 is 0. The van der Waals surface area contributed by atoms with E-state index in [0.29, 0.717) is 0 Å². The lowest BCUT2D eigenvalue weighted by atomic mass is 10.2. The van der Waals surface area contributed by atoms with Crippen molar-refractivity contribution < 1.29 is 9.47 Å². The van der Waals surface area contributed by atoms with Crippen LogP contribution in [0.2, 0.25) is 0 Å². The van der Waals surface area contributed by atoms with Gasteiger partial charge in [-0.15, -0.1) is 0 Å². The zero-order chi connectivity index (χ0) is 11.4. The Morgan fingerprint density at radius 3 is 3.12 bits per heavy atom. The fourth-order valence-electron chi connectivity index (χ4n) is 2.09. The van der Waals surface area contributed by atoms with Gasteiger partial charge in [-0.05, 0) is 32.3 Å². The molecule has 0 saturated carbocycles. The van der Waals surface area contributed by atoms with Gasteiger partial charge in [0, 0.05) is 25.8 Å². The Bertz CT molecular complexity index is 330. The molecule has 0 N–H and O–H groups in total. The summed E-state index contributed by atoms with van der Waals surface area (Å²) in [6.45, 7) is 3.67. The number of ether oxygens (including phenoxy) is 2. The summed E-state index contributed by atoms with van der Waals surface area (Å²) in [6.07, 6.45) is 4.50. The predicted molar refractivity (Wildman–Crippen MR) is 61.4 cm³/mol. The SMILES string of the molecule is COCCc1cc(C)n(C2CCCCO2)n1. The first-order valence-corrected chi connectivity index (χ1v) is 5.97. The van der Waals surface area contributed by atoms with Crippen LogP contribution >= 0.6 is 0 Å². The minimum absolute atomic E-state index is 0.144. The third-order valence-electron chi connectivity index (χ3n) is 2.96. The third-order valence-corrected chi connectivity index (χ3v) is 2.96. The normalized spacial score (nSPS) is 21.2. The summed E-state index contributed by atoms with van der Waals surface area (Å²) in [6, 6.07) is 2.12. The standard InChI is InChI=1S/C12H20N2O2/c1-10-9-11(6-8-15-2)13-14(10)12-5-3-4-7-16-12/h9,12H,3-8H2,1-2H3. The molecule has 1 fully saturated rings. The van der Waals surface area contributed by atoms with Crippen molar-refractivity contribution in [3.63, 3.8) is 0 Å². The van der Waals surface area contributed by atoms with Crippen molar-refractivity contribution in [2.75, 3.05) is 20.3 Å². The average Bonchev–Trinajstić information content (AvgIpc) is 2.69. The molecular formula is C12H20N2O2. The van der Waals surface area contributed by atoms with Crippen molar-refractivity contribution in [3.8, 4) is 0 Å². The van der Waals surface area contributed by atoms with E-state index in [-0.39, 0.29) is 6.23 Å². The topological polar surface area (TPSA) is 36.3 Å². The van der Waals surface area contributed by atoms with Crippen LogP contribution in [0.15, 0.2) is 6.07 Å². The molecule has 0 radical (unpaired) electrons. The Balaban J connectivity index is 2.04. The lowest BCUT2D eigenvalue weighted by Crippen LogP contribution is -2.20. The van der Waals surface area contributed by atoms with Gasteiger partial charge in [-0.2, -0.15) is 5.10 Å². The number of rotatable bonds is 4. The fourth-order valence-corrected chi connectivity index (χ4v) is 2.09. The largest absolute Gasteiger partial charge is 0.384 e. The van der Waals surface area contributed by atoms with Gasteiger partial charge in [0.05, 0.1) is 12.3 Å². The molecule has 2 rings (SSSR count). The highest BCUT2D eigenvalue weighted by Crippen LogP contribution is 2.23. The molecule has 4 heteroatoms. The van der Waals surface area contributed by atoms with Crippen LogP contribution in [0, 0.1) is 6.92 Å². The Morgan fingerprint density at radius 2 is 2.44 bits per heavy atom. The van der Waals surface area contributed by atoms with Gasteiger partial charge in [-0.1, -0.05) is 0 Å². The van der Waals surface area contributed by atoms with Crippen LogP contribution < -0.4 is 0 Å². The maximum atomic E-state index is 5.73. The van der Waals surface area contributed by atoms with Crippen molar-refractivity contribution in [1.29, 1.82) is 0 Å². The number of hydrogen-bond donors (Lipinski definition) is 0. The highest BCUT2D eigenvalue weighted by atomic mass is 16.5. The lowest BCUT2D eigenvalue weighted by Gasteiger charge is -2.23. The van der Waals surface area contributed by atoms with Crippen LogP contribution in [-0.4, -0.2) is 30.1 Å². The van der Waals surface area contributed by atoms with Crippen molar-refractivity contribution >= 4 is 0 Å². The van der Waals surface area contributed by atoms with Gasteiger partial charge in [-0.3, -0.25) is 0 Å². The third kappa shape index (κ3) is 2.62. The fraction of sp³-hybridized carbons (Fsp3) is 0.750. The highest BCUT2D eigenvalue weighted by Gasteiger charge is 2.18. The van der Waals surface area contributed by atoms with Gasteiger partial charge in [0.1, 0.15) is 6.23 Å². The summed E-state index contributed by atoms with van der Waals surface area (Å²) in [4.78, 5) is 0. The van der Waals surface area contributed by atoms with Crippen LogP contribution in [0.25, 0.3) is 0 Å². The van der Waals surface area contributed by atoms with E-state index in [1.54, 1.807) is 7.11 Å². The molecule has 0 aliphatic carbocycles. The summed E-state index contributed by atoms with van der Waals surface area (Å²) in [5.41, 5.74) is 2.27. The lowest BCUT2D eigenvalue weighted by molar-refractivity contribution is -0.0408. The summed E-state index contributed by atoms with van der Waals surface area (Å²) < 4.78 is 12.8. The average molecular weight is 224 g/mol. The first kappa shape index (κ1) is 11.6. The first-order valence-electron chi connectivity index (χ1n) is 5.97. The minimum atomic E-state index is 0.144. The molecule has 1 aliphatic rings. The van der Waals surface area contributed by atoms with Crippen molar-refractivity contribution in [2.24, 2.45) is 0 Å². The molecular weight excluding hydrogens is 204 g/mol. The molecule has 2 heterocycles. The van der Waals surface area contributed by atoms with E-state index in [9.17, 15) is 0 Å². The van der Waals surface area contributed by atoms with Gasteiger partial charge < -0.3 is 9.47 Å². The van der Waals surface area contributed by atoms with E-state index in [4.69, 9.17) is 9.47 Å². The molecule has 1 atom stereocenters. The first-order chi connectivity index (χ1) is 7.81. The molecule has 90 valence electrons. The molecule has 1 aromatic heterocycles. The maximum absolute atomic E-state index is 5.73. The van der Waals surface area contributed by atoms with Crippen molar-refractivity contribution in [1.82, 2.24) is 9.78 Å². The van der Waals surface area contributed by atoms with E-state index in [0.717, 1.165) is 31.7 Å². The summed E-state index contributed by atoms with van der Waals surface area (Å²) in [7, 11) is 1.72. The molecule has 1 unspecified atom stereocenters. The van der Waals surface area contributed by atoms with E-state index in [2.05, 4.69) is 18.1 Å². The Hall–Kier alpha value is -0.870. The second kappa shape index (κ2) is 5.46. The zero-order valence-electron chi connectivity index (χ0n) is 10.1. The second-order valence-electron chi connectivity index (χ2n) is 4.29. The van der Waals surface area contributed by atoms with Gasteiger partial charge in [-0.25, -0.2) is 4.68 Å². The van der Waals surface area contributed by atoms with Crippen LogP contribution in [-0.2, 0) is 15.9 Å². The summed E-state index contributed by atoms with van der Waals surface area (Å²) in [5, 5.41) is 4.58. The molecule has 1 saturated heterocycles. The molecule has 0 spiro atoms. The van der Waals surface area contributed by atoms with Gasteiger partial charge in [0.25, 0.3) is 0 Å². The Labute approximate surface area is 96.5 Å². The predicted octanol–water partition coefficient (Wildman–Crippen LogP) is 2.08. The van der Waals surface area contributed by atoms with Crippen LogP contribution in [0.3, 0.4) is 0 Å². The summed E-state index contributed by atoms with van der Waals surface area (Å²) in [5.74, 6) is 0. The molecule has 16 heavy (non-hydrogen) atoms. The molecule has 1 aromatic rings. The Kier molecular flexibility index (Phi) is 3.96. The van der Waals surface area contributed by atoms with Gasteiger partial charge in [0.2, 0.25) is 0 Å². The molecule has 4 nitrogen and oxygen atoms in total. The smallest absolute Gasteiger partial charge is 0.150 e. The van der Waals surface area contributed by atoms with E-state index < -0.39 is 0 Å². The second-order valence-corrected chi connectivity index (χ2v) is 4.29. The molecule has 1 aliphatic heterocycles. The van der Waals surface area contributed by atoms with E-state index >= 15 is 0 Å². The Morgan fingerprint density at radius 1 is 1.56 bits per heavy atom. The van der Waals surface area contributed by atoms with E-state index in [1.165, 1.54) is 18.5 Å². The van der Waals surface area contributed by atoms with E-state index in [1.807, 2.05) is 4.68 Å². The number of aromatic nitrogens is 2. The van der Waals surface area contributed by atoms with Crippen molar-refractivity contribution in [3.05, 3.63) is 17.5 Å².